The summed E-state index contributed by atoms with van der Waals surface area (Å²) in [6, 6.07) is 8.60. The molecule has 0 bridgehead atoms. The number of aromatic nitrogens is 1. The summed E-state index contributed by atoms with van der Waals surface area (Å²) >= 11 is 5.77. The van der Waals surface area contributed by atoms with Crippen LogP contribution in [0.2, 0.25) is 5.02 Å². The van der Waals surface area contributed by atoms with Crippen molar-refractivity contribution in [3.05, 3.63) is 52.8 Å². The number of rotatable bonds is 4. The maximum absolute atomic E-state index is 10.3. The third-order valence-electron chi connectivity index (χ3n) is 2.75. The molecular formula is C14H14ClNO3. The number of ether oxygens (including phenoxy) is 2. The van der Waals surface area contributed by atoms with E-state index in [1.807, 2.05) is 0 Å². The first-order valence-corrected chi connectivity index (χ1v) is 6.05. The van der Waals surface area contributed by atoms with Gasteiger partial charge in [-0.15, -0.1) is 0 Å². The first kappa shape index (κ1) is 13.6. The second-order valence-corrected chi connectivity index (χ2v) is 4.35. The van der Waals surface area contributed by atoms with Crippen molar-refractivity contribution in [2.75, 3.05) is 14.2 Å². The SMILES string of the molecule is COc1ccc(C(O)c2ccc(Cl)cn2)cc1OC. The molecule has 0 aliphatic carbocycles. The first-order valence-electron chi connectivity index (χ1n) is 5.67. The Morgan fingerprint density at radius 3 is 2.42 bits per heavy atom. The summed E-state index contributed by atoms with van der Waals surface area (Å²) in [7, 11) is 3.11. The zero-order valence-electron chi connectivity index (χ0n) is 10.6. The molecule has 1 aromatic carbocycles. The van der Waals surface area contributed by atoms with Crippen LogP contribution in [0, 0.1) is 0 Å². The van der Waals surface area contributed by atoms with Gasteiger partial charge >= 0.3 is 0 Å². The molecule has 0 saturated carbocycles. The van der Waals surface area contributed by atoms with Gasteiger partial charge in [-0.1, -0.05) is 17.7 Å². The van der Waals surface area contributed by atoms with Crippen molar-refractivity contribution in [2.45, 2.75) is 6.10 Å². The molecule has 1 N–H and O–H groups in total. The van der Waals surface area contributed by atoms with Crippen LogP contribution in [0.1, 0.15) is 17.4 Å². The number of aliphatic hydroxyl groups excluding tert-OH is 1. The van der Waals surface area contributed by atoms with Crippen molar-refractivity contribution in [1.29, 1.82) is 0 Å². The van der Waals surface area contributed by atoms with Crippen molar-refractivity contribution in [3.8, 4) is 11.5 Å². The van der Waals surface area contributed by atoms with Crippen LogP contribution in [0.15, 0.2) is 36.5 Å². The van der Waals surface area contributed by atoms with Crippen LogP contribution in [-0.2, 0) is 0 Å². The Labute approximate surface area is 116 Å². The highest BCUT2D eigenvalue weighted by atomic mass is 35.5. The zero-order chi connectivity index (χ0) is 13.8. The summed E-state index contributed by atoms with van der Waals surface area (Å²) in [4.78, 5) is 4.10. The predicted molar refractivity (Wildman–Crippen MR) is 72.9 cm³/mol. The molecule has 1 unspecified atom stereocenters. The third kappa shape index (κ3) is 2.97. The molecule has 19 heavy (non-hydrogen) atoms. The Bertz CT molecular complexity index is 557. The van der Waals surface area contributed by atoms with Gasteiger partial charge in [0.25, 0.3) is 0 Å². The summed E-state index contributed by atoms with van der Waals surface area (Å²) in [6.07, 6.45) is 0.665. The molecule has 5 heteroatoms. The van der Waals surface area contributed by atoms with E-state index in [0.29, 0.717) is 27.8 Å². The number of nitrogens with zero attached hydrogens (tertiary/aromatic N) is 1. The Balaban J connectivity index is 2.33. The fourth-order valence-corrected chi connectivity index (χ4v) is 1.85. The van der Waals surface area contributed by atoms with Crippen molar-refractivity contribution >= 4 is 11.6 Å². The van der Waals surface area contributed by atoms with Crippen molar-refractivity contribution < 1.29 is 14.6 Å². The Hall–Kier alpha value is -1.78. The highest BCUT2D eigenvalue weighted by molar-refractivity contribution is 6.30. The average Bonchev–Trinajstić information content (AvgIpc) is 2.46. The second kappa shape index (κ2) is 5.91. The van der Waals surface area contributed by atoms with Gasteiger partial charge in [0.2, 0.25) is 0 Å². The van der Waals surface area contributed by atoms with Gasteiger partial charge in [0.15, 0.2) is 11.5 Å². The van der Waals surface area contributed by atoms with E-state index in [1.165, 1.54) is 6.20 Å². The summed E-state index contributed by atoms with van der Waals surface area (Å²) in [5.41, 5.74) is 1.20. The van der Waals surface area contributed by atoms with Crippen LogP contribution in [0.5, 0.6) is 11.5 Å². The van der Waals surface area contributed by atoms with Gasteiger partial charge in [0.05, 0.1) is 24.9 Å². The van der Waals surface area contributed by atoms with Gasteiger partial charge in [-0.2, -0.15) is 0 Å². The molecule has 1 atom stereocenters. The quantitative estimate of drug-likeness (QED) is 0.935. The van der Waals surface area contributed by atoms with Crippen LogP contribution < -0.4 is 9.47 Å². The minimum atomic E-state index is -0.836. The van der Waals surface area contributed by atoms with E-state index >= 15 is 0 Å². The molecule has 0 aliphatic rings. The zero-order valence-corrected chi connectivity index (χ0v) is 11.4. The molecule has 1 heterocycles. The molecule has 0 spiro atoms. The number of hydrogen-bond acceptors (Lipinski definition) is 4. The van der Waals surface area contributed by atoms with Crippen molar-refractivity contribution in [2.24, 2.45) is 0 Å². The molecule has 100 valence electrons. The van der Waals surface area contributed by atoms with Gasteiger partial charge in [-0.25, -0.2) is 0 Å². The van der Waals surface area contributed by atoms with Crippen LogP contribution in [0.25, 0.3) is 0 Å². The minimum absolute atomic E-state index is 0.525. The van der Waals surface area contributed by atoms with Gasteiger partial charge in [-0.3, -0.25) is 4.98 Å². The third-order valence-corrected chi connectivity index (χ3v) is 2.98. The van der Waals surface area contributed by atoms with E-state index in [4.69, 9.17) is 21.1 Å². The number of halogens is 1. The second-order valence-electron chi connectivity index (χ2n) is 3.92. The maximum Gasteiger partial charge on any atom is 0.161 e. The molecule has 0 fully saturated rings. The van der Waals surface area contributed by atoms with Gasteiger partial charge in [-0.05, 0) is 29.8 Å². The topological polar surface area (TPSA) is 51.6 Å². The summed E-state index contributed by atoms with van der Waals surface area (Å²) < 4.78 is 10.4. The van der Waals surface area contributed by atoms with Gasteiger partial charge in [0, 0.05) is 6.20 Å². The normalized spacial score (nSPS) is 12.0. The highest BCUT2D eigenvalue weighted by Crippen LogP contribution is 2.31. The molecule has 0 aliphatic heterocycles. The lowest BCUT2D eigenvalue weighted by molar-refractivity contribution is 0.214. The fourth-order valence-electron chi connectivity index (χ4n) is 1.74. The van der Waals surface area contributed by atoms with E-state index < -0.39 is 6.10 Å². The average molecular weight is 280 g/mol. The molecule has 2 rings (SSSR count). The van der Waals surface area contributed by atoms with Crippen LogP contribution >= 0.6 is 11.6 Å². The number of pyridine rings is 1. The van der Waals surface area contributed by atoms with Gasteiger partial charge < -0.3 is 14.6 Å². The summed E-state index contributed by atoms with van der Waals surface area (Å²) in [5, 5.41) is 10.8. The lowest BCUT2D eigenvalue weighted by Gasteiger charge is -2.13. The summed E-state index contributed by atoms with van der Waals surface area (Å²) in [6.45, 7) is 0. The van der Waals surface area contributed by atoms with Crippen molar-refractivity contribution in [1.82, 2.24) is 4.98 Å². The molecule has 4 nitrogen and oxygen atoms in total. The molecule has 1 aromatic heterocycles. The van der Waals surface area contributed by atoms with Crippen LogP contribution in [0.4, 0.5) is 0 Å². The van der Waals surface area contributed by atoms with E-state index in [0.717, 1.165) is 0 Å². The molecule has 2 aromatic rings. The Kier molecular flexibility index (Phi) is 4.24. The van der Waals surface area contributed by atoms with Crippen LogP contribution in [-0.4, -0.2) is 24.3 Å². The highest BCUT2D eigenvalue weighted by Gasteiger charge is 2.14. The Morgan fingerprint density at radius 2 is 1.84 bits per heavy atom. The number of hydrogen-bond donors (Lipinski definition) is 1. The molecule has 0 radical (unpaired) electrons. The summed E-state index contributed by atoms with van der Waals surface area (Å²) in [5.74, 6) is 1.18. The van der Waals surface area contributed by atoms with E-state index in [1.54, 1.807) is 44.6 Å². The monoisotopic (exact) mass is 279 g/mol. The van der Waals surface area contributed by atoms with Gasteiger partial charge in [0.1, 0.15) is 6.10 Å². The fraction of sp³-hybridized carbons (Fsp3) is 0.214. The largest absolute Gasteiger partial charge is 0.493 e. The molecule has 0 amide bonds. The standard InChI is InChI=1S/C14H14ClNO3/c1-18-12-6-3-9(7-13(12)19-2)14(17)11-5-4-10(15)8-16-11/h3-8,14,17H,1-2H3. The van der Waals surface area contributed by atoms with E-state index in [2.05, 4.69) is 4.98 Å². The minimum Gasteiger partial charge on any atom is -0.493 e. The predicted octanol–water partition coefficient (Wildman–Crippen LogP) is 2.83. The number of benzene rings is 1. The van der Waals surface area contributed by atoms with Crippen molar-refractivity contribution in [3.63, 3.8) is 0 Å². The maximum atomic E-state index is 10.3. The first-order chi connectivity index (χ1) is 9.15. The van der Waals surface area contributed by atoms with E-state index in [-0.39, 0.29) is 0 Å². The molecular weight excluding hydrogens is 266 g/mol. The lowest BCUT2D eigenvalue weighted by atomic mass is 10.1. The number of aliphatic hydroxyl groups is 1. The molecule has 0 saturated heterocycles. The van der Waals surface area contributed by atoms with Crippen LogP contribution in [0.3, 0.4) is 0 Å². The Morgan fingerprint density at radius 1 is 1.11 bits per heavy atom. The van der Waals surface area contributed by atoms with E-state index in [9.17, 15) is 5.11 Å². The lowest BCUT2D eigenvalue weighted by Crippen LogP contribution is -2.03. The number of methoxy groups -OCH3 is 2. The smallest absolute Gasteiger partial charge is 0.161 e.